The minimum Gasteiger partial charge on any atom is -0.396 e. The van der Waals surface area contributed by atoms with Crippen LogP contribution < -0.4 is 5.32 Å². The Morgan fingerprint density at radius 2 is 2.05 bits per heavy atom. The zero-order valence-corrected chi connectivity index (χ0v) is 13.8. The number of aliphatic hydroxyl groups excluding tert-OH is 1. The van der Waals surface area contributed by atoms with Gasteiger partial charge in [-0.1, -0.05) is 12.1 Å². The fraction of sp³-hybridized carbons (Fsp3) is 0.312. The van der Waals surface area contributed by atoms with E-state index in [-0.39, 0.29) is 24.4 Å². The molecule has 1 aromatic carbocycles. The van der Waals surface area contributed by atoms with Crippen molar-refractivity contribution < 1.29 is 14.3 Å². The maximum atomic E-state index is 12.9. The molecule has 0 saturated carbocycles. The highest BCUT2D eigenvalue weighted by Crippen LogP contribution is 2.28. The molecule has 0 aliphatic rings. The number of benzene rings is 1. The molecule has 0 aliphatic carbocycles. The Labute approximate surface area is 137 Å². The molecule has 0 saturated heterocycles. The zero-order chi connectivity index (χ0) is 15.9. The van der Waals surface area contributed by atoms with Gasteiger partial charge >= 0.3 is 0 Å². The first-order valence-corrected chi connectivity index (χ1v) is 9.11. The average Bonchev–Trinajstić information content (AvgIpc) is 2.98. The largest absolute Gasteiger partial charge is 0.396 e. The molecule has 1 unspecified atom stereocenters. The Morgan fingerprint density at radius 1 is 1.32 bits per heavy atom. The summed E-state index contributed by atoms with van der Waals surface area (Å²) in [4.78, 5) is 13.8. The average molecular weight is 339 g/mol. The first-order chi connectivity index (χ1) is 10.6. The molecule has 0 radical (unpaired) electrons. The fourth-order valence-corrected chi connectivity index (χ4v) is 3.61. The number of aliphatic hydroxyl groups is 1. The minimum absolute atomic E-state index is 0.0381. The lowest BCUT2D eigenvalue weighted by atomic mass is 10.2. The van der Waals surface area contributed by atoms with Crippen molar-refractivity contribution in [2.24, 2.45) is 0 Å². The summed E-state index contributed by atoms with van der Waals surface area (Å²) in [6.07, 6.45) is 2.51. The highest BCUT2D eigenvalue weighted by atomic mass is 32.2. The van der Waals surface area contributed by atoms with Crippen LogP contribution in [-0.4, -0.2) is 35.7 Å². The molecule has 0 aliphatic heterocycles. The van der Waals surface area contributed by atoms with E-state index < -0.39 is 0 Å². The number of amides is 1. The van der Waals surface area contributed by atoms with Crippen LogP contribution >= 0.6 is 23.1 Å². The molecule has 1 aromatic heterocycles. The number of halogens is 1. The highest BCUT2D eigenvalue weighted by molar-refractivity contribution is 7.98. The second-order valence-electron chi connectivity index (χ2n) is 4.81. The van der Waals surface area contributed by atoms with Crippen LogP contribution in [0.2, 0.25) is 0 Å². The number of thioether (sulfide) groups is 1. The van der Waals surface area contributed by atoms with Crippen LogP contribution in [0.25, 0.3) is 10.4 Å². The predicted octanol–water partition coefficient (Wildman–Crippen LogP) is 3.40. The molecule has 1 atom stereocenters. The predicted molar refractivity (Wildman–Crippen MR) is 91.1 cm³/mol. The van der Waals surface area contributed by atoms with Gasteiger partial charge in [-0.3, -0.25) is 4.79 Å². The van der Waals surface area contributed by atoms with E-state index in [1.807, 2.05) is 12.3 Å². The van der Waals surface area contributed by atoms with Gasteiger partial charge in [0, 0.05) is 23.3 Å². The third-order valence-corrected chi connectivity index (χ3v) is 5.01. The van der Waals surface area contributed by atoms with Crippen molar-refractivity contribution in [1.82, 2.24) is 5.32 Å². The van der Waals surface area contributed by atoms with Crippen molar-refractivity contribution >= 4 is 29.0 Å². The number of nitrogens with one attached hydrogen (secondary N) is 1. The van der Waals surface area contributed by atoms with Crippen LogP contribution in [0.15, 0.2) is 36.4 Å². The summed E-state index contributed by atoms with van der Waals surface area (Å²) in [5.41, 5.74) is 0.890. The molecule has 118 valence electrons. The quantitative estimate of drug-likeness (QED) is 0.813. The third kappa shape index (κ3) is 4.56. The molecule has 22 heavy (non-hydrogen) atoms. The number of rotatable bonds is 7. The van der Waals surface area contributed by atoms with E-state index in [1.54, 1.807) is 30.0 Å². The monoisotopic (exact) mass is 339 g/mol. The molecule has 2 rings (SSSR count). The van der Waals surface area contributed by atoms with Gasteiger partial charge in [-0.05, 0) is 42.5 Å². The molecule has 0 bridgehead atoms. The van der Waals surface area contributed by atoms with E-state index in [9.17, 15) is 9.18 Å². The minimum atomic E-state index is -0.276. The Kier molecular flexibility index (Phi) is 6.42. The van der Waals surface area contributed by atoms with Gasteiger partial charge in [-0.2, -0.15) is 11.8 Å². The summed E-state index contributed by atoms with van der Waals surface area (Å²) < 4.78 is 12.9. The standard InChI is InChI=1S/C16H18FNO2S2/c1-21-10-13(8-9-19)18-16(20)15-7-6-14(22-15)11-2-4-12(17)5-3-11/h2-7,13,19H,8-10H2,1H3,(H,18,20). The van der Waals surface area contributed by atoms with Crippen LogP contribution in [0.5, 0.6) is 0 Å². The Morgan fingerprint density at radius 3 is 2.68 bits per heavy atom. The van der Waals surface area contributed by atoms with E-state index >= 15 is 0 Å². The zero-order valence-electron chi connectivity index (χ0n) is 12.2. The third-order valence-electron chi connectivity index (χ3n) is 3.14. The van der Waals surface area contributed by atoms with Gasteiger partial charge in [-0.25, -0.2) is 4.39 Å². The fourth-order valence-electron chi connectivity index (χ4n) is 2.04. The Bertz CT molecular complexity index is 607. The molecular formula is C16H18FNO2S2. The number of hydrogen-bond acceptors (Lipinski definition) is 4. The van der Waals surface area contributed by atoms with Crippen LogP contribution in [0, 0.1) is 5.82 Å². The summed E-state index contributed by atoms with van der Waals surface area (Å²) in [5, 5.41) is 12.0. The number of hydrogen-bond donors (Lipinski definition) is 2. The molecule has 3 nitrogen and oxygen atoms in total. The molecular weight excluding hydrogens is 321 g/mol. The first kappa shape index (κ1) is 17.0. The lowest BCUT2D eigenvalue weighted by Gasteiger charge is -2.15. The number of carbonyl (C=O) groups excluding carboxylic acids is 1. The Balaban J connectivity index is 2.06. The maximum Gasteiger partial charge on any atom is 0.261 e. The van der Waals surface area contributed by atoms with E-state index in [0.29, 0.717) is 11.3 Å². The topological polar surface area (TPSA) is 49.3 Å². The smallest absolute Gasteiger partial charge is 0.261 e. The molecule has 0 fully saturated rings. The van der Waals surface area contributed by atoms with Crippen molar-refractivity contribution in [1.29, 1.82) is 0 Å². The summed E-state index contributed by atoms with van der Waals surface area (Å²) in [6, 6.07) is 9.81. The van der Waals surface area contributed by atoms with E-state index in [2.05, 4.69) is 5.32 Å². The van der Waals surface area contributed by atoms with Crippen molar-refractivity contribution in [3.05, 3.63) is 47.1 Å². The molecule has 1 heterocycles. The van der Waals surface area contributed by atoms with Crippen LogP contribution in [-0.2, 0) is 0 Å². The summed E-state index contributed by atoms with van der Waals surface area (Å²) in [7, 11) is 0. The molecule has 2 N–H and O–H groups in total. The van der Waals surface area contributed by atoms with Crippen molar-refractivity contribution in [2.75, 3.05) is 18.6 Å². The second-order valence-corrected chi connectivity index (χ2v) is 6.80. The van der Waals surface area contributed by atoms with Gasteiger partial charge < -0.3 is 10.4 Å². The Hall–Kier alpha value is -1.37. The summed E-state index contributed by atoms with van der Waals surface area (Å²) in [6.45, 7) is 0.0524. The van der Waals surface area contributed by atoms with E-state index in [0.717, 1.165) is 16.2 Å². The van der Waals surface area contributed by atoms with Crippen LogP contribution in [0.1, 0.15) is 16.1 Å². The summed E-state index contributed by atoms with van der Waals surface area (Å²) >= 11 is 3.01. The molecule has 1 amide bonds. The number of carbonyl (C=O) groups is 1. The van der Waals surface area contributed by atoms with E-state index in [4.69, 9.17) is 5.11 Å². The number of thiophene rings is 1. The SMILES string of the molecule is CSCC(CCO)NC(=O)c1ccc(-c2ccc(F)cc2)s1. The lowest BCUT2D eigenvalue weighted by Crippen LogP contribution is -2.36. The molecule has 2 aromatic rings. The van der Waals surface area contributed by atoms with Crippen LogP contribution in [0.4, 0.5) is 4.39 Å². The lowest BCUT2D eigenvalue weighted by molar-refractivity contribution is 0.0939. The van der Waals surface area contributed by atoms with Gasteiger partial charge in [0.05, 0.1) is 4.88 Å². The van der Waals surface area contributed by atoms with Gasteiger partial charge in [0.15, 0.2) is 0 Å². The van der Waals surface area contributed by atoms with Gasteiger partial charge in [0.25, 0.3) is 5.91 Å². The molecule has 6 heteroatoms. The normalized spacial score (nSPS) is 12.1. The van der Waals surface area contributed by atoms with Gasteiger partial charge in [0.2, 0.25) is 0 Å². The van der Waals surface area contributed by atoms with Crippen molar-refractivity contribution in [3.63, 3.8) is 0 Å². The van der Waals surface area contributed by atoms with Crippen LogP contribution in [0.3, 0.4) is 0 Å². The van der Waals surface area contributed by atoms with Crippen molar-refractivity contribution in [2.45, 2.75) is 12.5 Å². The van der Waals surface area contributed by atoms with E-state index in [1.165, 1.54) is 23.5 Å². The highest BCUT2D eigenvalue weighted by Gasteiger charge is 2.15. The second kappa shape index (κ2) is 8.31. The summed E-state index contributed by atoms with van der Waals surface area (Å²) in [5.74, 6) is 0.357. The van der Waals surface area contributed by atoms with Gasteiger partial charge in [-0.15, -0.1) is 11.3 Å². The first-order valence-electron chi connectivity index (χ1n) is 6.90. The molecule has 0 spiro atoms. The maximum absolute atomic E-state index is 12.9. The van der Waals surface area contributed by atoms with Crippen molar-refractivity contribution in [3.8, 4) is 10.4 Å². The van der Waals surface area contributed by atoms with Gasteiger partial charge in [0.1, 0.15) is 5.82 Å².